The third-order valence-corrected chi connectivity index (χ3v) is 3.62. The highest BCUT2D eigenvalue weighted by Crippen LogP contribution is 2.41. The second-order valence-electron chi connectivity index (χ2n) is 4.93. The summed E-state index contributed by atoms with van der Waals surface area (Å²) in [6, 6.07) is 3.51. The lowest BCUT2D eigenvalue weighted by Crippen LogP contribution is -1.98. The van der Waals surface area contributed by atoms with Crippen molar-refractivity contribution >= 4 is 5.65 Å². The molecule has 0 saturated carbocycles. The number of ether oxygens (including phenoxy) is 3. The zero-order valence-corrected chi connectivity index (χ0v) is 13.3. The molecule has 0 fully saturated rings. The van der Waals surface area contributed by atoms with Crippen molar-refractivity contribution in [2.24, 2.45) is 0 Å². The maximum Gasteiger partial charge on any atom is 0.219 e. The van der Waals surface area contributed by atoms with E-state index >= 15 is 0 Å². The van der Waals surface area contributed by atoms with E-state index in [9.17, 15) is 5.11 Å². The Bertz CT molecular complexity index is 848. The van der Waals surface area contributed by atoms with Crippen LogP contribution in [0.2, 0.25) is 0 Å². The molecule has 0 aliphatic carbocycles. The van der Waals surface area contributed by atoms with E-state index < -0.39 is 0 Å². The summed E-state index contributed by atoms with van der Waals surface area (Å²) < 4.78 is 17.7. The Labute approximate surface area is 133 Å². The van der Waals surface area contributed by atoms with Crippen LogP contribution >= 0.6 is 0 Å². The molecule has 23 heavy (non-hydrogen) atoms. The van der Waals surface area contributed by atoms with Gasteiger partial charge in [-0.05, 0) is 6.92 Å². The molecule has 7 nitrogen and oxygen atoms in total. The predicted octanol–water partition coefficient (Wildman–Crippen LogP) is 2.44. The molecule has 2 heterocycles. The van der Waals surface area contributed by atoms with E-state index in [2.05, 4.69) is 9.97 Å². The van der Waals surface area contributed by atoms with Crippen molar-refractivity contribution < 1.29 is 19.3 Å². The lowest BCUT2D eigenvalue weighted by atomic mass is 10.1. The summed E-state index contributed by atoms with van der Waals surface area (Å²) in [6.07, 6.45) is 3.28. The number of methoxy groups -OCH3 is 3. The average Bonchev–Trinajstić information content (AvgIpc) is 2.87. The Morgan fingerprint density at radius 2 is 1.70 bits per heavy atom. The van der Waals surface area contributed by atoms with Crippen LogP contribution < -0.4 is 14.2 Å². The molecule has 0 bridgehead atoms. The Kier molecular flexibility index (Phi) is 3.69. The predicted molar refractivity (Wildman–Crippen MR) is 84.5 cm³/mol. The highest BCUT2D eigenvalue weighted by atomic mass is 16.5. The summed E-state index contributed by atoms with van der Waals surface area (Å²) in [5, 5.41) is 10.1. The van der Waals surface area contributed by atoms with Gasteiger partial charge in [0.25, 0.3) is 0 Å². The average molecular weight is 315 g/mol. The number of aromatic nitrogens is 3. The van der Waals surface area contributed by atoms with Crippen molar-refractivity contribution in [2.45, 2.75) is 6.92 Å². The number of imidazole rings is 1. The Hall–Kier alpha value is -2.96. The second-order valence-corrected chi connectivity index (χ2v) is 4.93. The van der Waals surface area contributed by atoms with Crippen LogP contribution in [0.3, 0.4) is 0 Å². The van der Waals surface area contributed by atoms with E-state index in [0.717, 1.165) is 0 Å². The van der Waals surface area contributed by atoms with Gasteiger partial charge in [0.2, 0.25) is 5.88 Å². The monoisotopic (exact) mass is 315 g/mol. The first-order valence-electron chi connectivity index (χ1n) is 6.93. The molecule has 0 unspecified atom stereocenters. The van der Waals surface area contributed by atoms with Crippen LogP contribution in [0.5, 0.6) is 23.1 Å². The number of benzene rings is 1. The van der Waals surface area contributed by atoms with Crippen molar-refractivity contribution in [3.8, 4) is 34.4 Å². The SMILES string of the molecule is COc1cc(OC)c(-c2cn3c(O)c(C)nc3cn2)c(OC)c1. The van der Waals surface area contributed by atoms with Gasteiger partial charge in [-0.25, -0.2) is 4.98 Å². The summed E-state index contributed by atoms with van der Waals surface area (Å²) in [4.78, 5) is 8.64. The van der Waals surface area contributed by atoms with Crippen molar-refractivity contribution in [1.29, 1.82) is 0 Å². The Balaban J connectivity index is 2.26. The van der Waals surface area contributed by atoms with E-state index in [0.29, 0.717) is 39.8 Å². The normalized spacial score (nSPS) is 10.8. The quantitative estimate of drug-likeness (QED) is 0.797. The van der Waals surface area contributed by atoms with Gasteiger partial charge in [-0.15, -0.1) is 0 Å². The molecule has 120 valence electrons. The molecular formula is C16H17N3O4. The molecule has 0 saturated heterocycles. The molecule has 0 atom stereocenters. The molecule has 1 aromatic carbocycles. The van der Waals surface area contributed by atoms with Crippen molar-refractivity contribution in [3.63, 3.8) is 0 Å². The number of rotatable bonds is 4. The van der Waals surface area contributed by atoms with Crippen LogP contribution in [0.1, 0.15) is 5.69 Å². The number of hydrogen-bond acceptors (Lipinski definition) is 6. The van der Waals surface area contributed by atoms with Gasteiger partial charge < -0.3 is 19.3 Å². The fraction of sp³-hybridized carbons (Fsp3) is 0.250. The molecule has 0 spiro atoms. The molecule has 0 aliphatic rings. The highest BCUT2D eigenvalue weighted by molar-refractivity contribution is 5.76. The smallest absolute Gasteiger partial charge is 0.219 e. The zero-order chi connectivity index (χ0) is 16.6. The van der Waals surface area contributed by atoms with Crippen LogP contribution in [0.4, 0.5) is 0 Å². The van der Waals surface area contributed by atoms with Crippen LogP contribution in [0.25, 0.3) is 16.9 Å². The first-order chi connectivity index (χ1) is 11.1. The summed E-state index contributed by atoms with van der Waals surface area (Å²) >= 11 is 0. The number of nitrogens with zero attached hydrogens (tertiary/aromatic N) is 3. The summed E-state index contributed by atoms with van der Waals surface area (Å²) in [6.45, 7) is 1.73. The van der Waals surface area contributed by atoms with Crippen LogP contribution in [0.15, 0.2) is 24.5 Å². The van der Waals surface area contributed by atoms with Crippen LogP contribution in [-0.4, -0.2) is 40.8 Å². The third-order valence-electron chi connectivity index (χ3n) is 3.62. The van der Waals surface area contributed by atoms with Gasteiger partial charge in [-0.3, -0.25) is 9.38 Å². The van der Waals surface area contributed by atoms with E-state index in [1.807, 2.05) is 0 Å². The number of aryl methyl sites for hydroxylation is 1. The van der Waals surface area contributed by atoms with Gasteiger partial charge in [-0.2, -0.15) is 0 Å². The minimum absolute atomic E-state index is 0.0788. The minimum Gasteiger partial charge on any atom is -0.496 e. The molecule has 3 rings (SSSR count). The third kappa shape index (κ3) is 2.40. The molecule has 0 radical (unpaired) electrons. The van der Waals surface area contributed by atoms with Crippen LogP contribution in [-0.2, 0) is 0 Å². The van der Waals surface area contributed by atoms with Crippen molar-refractivity contribution in [2.75, 3.05) is 21.3 Å². The maximum absolute atomic E-state index is 10.1. The highest BCUT2D eigenvalue weighted by Gasteiger charge is 2.18. The molecule has 0 amide bonds. The fourth-order valence-electron chi connectivity index (χ4n) is 2.45. The van der Waals surface area contributed by atoms with Gasteiger partial charge in [-0.1, -0.05) is 0 Å². The van der Waals surface area contributed by atoms with E-state index in [4.69, 9.17) is 14.2 Å². The van der Waals surface area contributed by atoms with Gasteiger partial charge in [0.05, 0.1) is 38.8 Å². The van der Waals surface area contributed by atoms with Gasteiger partial charge in [0, 0.05) is 18.3 Å². The van der Waals surface area contributed by atoms with E-state index in [1.165, 1.54) is 0 Å². The lowest BCUT2D eigenvalue weighted by Gasteiger charge is -2.14. The Morgan fingerprint density at radius 3 is 2.26 bits per heavy atom. The van der Waals surface area contributed by atoms with Crippen LogP contribution in [0, 0.1) is 6.92 Å². The molecular weight excluding hydrogens is 298 g/mol. The fourth-order valence-corrected chi connectivity index (χ4v) is 2.45. The van der Waals surface area contributed by atoms with E-state index in [1.54, 1.807) is 57.2 Å². The topological polar surface area (TPSA) is 78.1 Å². The molecule has 7 heteroatoms. The molecule has 3 aromatic rings. The van der Waals surface area contributed by atoms with Gasteiger partial charge in [0.15, 0.2) is 5.65 Å². The number of aromatic hydroxyl groups is 1. The minimum atomic E-state index is 0.0788. The zero-order valence-electron chi connectivity index (χ0n) is 13.3. The lowest BCUT2D eigenvalue weighted by molar-refractivity contribution is 0.377. The van der Waals surface area contributed by atoms with Gasteiger partial charge >= 0.3 is 0 Å². The number of fused-ring (bicyclic) bond motifs is 1. The standard InChI is InChI=1S/C16H17N3O4/c1-9-16(20)19-8-11(17-7-14(19)18-9)15-12(22-3)5-10(21-2)6-13(15)23-4/h5-8,20H,1-4H3. The molecule has 2 aromatic heterocycles. The largest absolute Gasteiger partial charge is 0.496 e. The van der Waals surface area contributed by atoms with Crippen molar-refractivity contribution in [1.82, 2.24) is 14.4 Å². The summed E-state index contributed by atoms with van der Waals surface area (Å²) in [5.74, 6) is 1.81. The Morgan fingerprint density at radius 1 is 1.04 bits per heavy atom. The van der Waals surface area contributed by atoms with E-state index in [-0.39, 0.29) is 5.88 Å². The molecule has 1 N–H and O–H groups in total. The maximum atomic E-state index is 10.1. The number of hydrogen-bond donors (Lipinski definition) is 1. The van der Waals surface area contributed by atoms with Gasteiger partial charge in [0.1, 0.15) is 22.9 Å². The first kappa shape index (κ1) is 15.0. The summed E-state index contributed by atoms with van der Waals surface area (Å²) in [5.41, 5.74) is 2.36. The first-order valence-corrected chi connectivity index (χ1v) is 6.93. The van der Waals surface area contributed by atoms with Crippen molar-refractivity contribution in [3.05, 3.63) is 30.2 Å². The summed E-state index contributed by atoms with van der Waals surface area (Å²) in [7, 11) is 4.70. The molecule has 0 aliphatic heterocycles. The second kappa shape index (κ2) is 5.68.